The Kier molecular flexibility index (Phi) is 7.20. The Labute approximate surface area is 194 Å². The van der Waals surface area contributed by atoms with Gasteiger partial charge in [0.25, 0.3) is 5.91 Å². The molecule has 0 aromatic heterocycles. The average molecular weight is 451 g/mol. The van der Waals surface area contributed by atoms with Crippen molar-refractivity contribution in [3.8, 4) is 5.75 Å². The van der Waals surface area contributed by atoms with Gasteiger partial charge in [-0.25, -0.2) is 0 Å². The van der Waals surface area contributed by atoms with Crippen molar-refractivity contribution < 1.29 is 14.3 Å². The summed E-state index contributed by atoms with van der Waals surface area (Å²) in [4.78, 5) is 28.4. The van der Waals surface area contributed by atoms with Crippen LogP contribution in [-0.4, -0.2) is 48.7 Å². The van der Waals surface area contributed by atoms with E-state index in [1.54, 1.807) is 18.9 Å². The normalized spacial score (nSPS) is 24.2. The minimum absolute atomic E-state index is 0.0317. The molecule has 2 aromatic carbocycles. The van der Waals surface area contributed by atoms with Crippen molar-refractivity contribution in [3.05, 3.63) is 70.6 Å². The van der Waals surface area contributed by atoms with Gasteiger partial charge in [0.2, 0.25) is 5.91 Å². The van der Waals surface area contributed by atoms with Crippen molar-refractivity contribution in [1.29, 1.82) is 0 Å². The fourth-order valence-electron chi connectivity index (χ4n) is 4.54. The third-order valence-corrected chi connectivity index (χ3v) is 7.78. The fourth-order valence-corrected chi connectivity index (χ4v) is 6.02. The number of fused-ring (bicyclic) bond motifs is 1. The Balaban J connectivity index is 1.36. The van der Waals surface area contributed by atoms with E-state index < -0.39 is 0 Å². The Morgan fingerprint density at radius 2 is 2.00 bits per heavy atom. The lowest BCUT2D eigenvalue weighted by Gasteiger charge is -2.44. The number of carbonyl (C=O) groups is 2. The molecule has 0 radical (unpaired) electrons. The average Bonchev–Trinajstić information content (AvgIpc) is 2.83. The Morgan fingerprint density at radius 3 is 2.78 bits per heavy atom. The summed E-state index contributed by atoms with van der Waals surface area (Å²) in [5.41, 5.74) is 2.18. The lowest BCUT2D eigenvalue weighted by molar-refractivity contribution is -0.131. The van der Waals surface area contributed by atoms with Crippen molar-refractivity contribution in [2.75, 3.05) is 20.7 Å². The Morgan fingerprint density at radius 1 is 1.19 bits per heavy atom. The van der Waals surface area contributed by atoms with E-state index in [9.17, 15) is 9.59 Å². The quantitative estimate of drug-likeness (QED) is 0.672. The summed E-state index contributed by atoms with van der Waals surface area (Å²) in [5.74, 6) is 0.886. The van der Waals surface area contributed by atoms with E-state index in [2.05, 4.69) is 17.4 Å². The Bertz CT molecular complexity index is 992. The molecule has 1 N–H and O–H groups in total. The molecule has 0 spiro atoms. The molecule has 1 saturated carbocycles. The van der Waals surface area contributed by atoms with Crippen LogP contribution in [0.3, 0.4) is 0 Å². The van der Waals surface area contributed by atoms with Gasteiger partial charge in [0.05, 0.1) is 12.0 Å². The first-order chi connectivity index (χ1) is 15.5. The van der Waals surface area contributed by atoms with Gasteiger partial charge < -0.3 is 15.0 Å². The number of rotatable bonds is 6. The minimum atomic E-state index is -0.0354. The van der Waals surface area contributed by atoms with Crippen molar-refractivity contribution >= 4 is 29.7 Å². The predicted octanol–water partition coefficient (Wildman–Crippen LogP) is 4.14. The predicted molar refractivity (Wildman–Crippen MR) is 129 cm³/mol. The fraction of sp³-hybridized carbons (Fsp3) is 0.385. The highest BCUT2D eigenvalue weighted by Crippen LogP contribution is 2.43. The summed E-state index contributed by atoms with van der Waals surface area (Å²) in [6.07, 6.45) is 5.30. The second-order valence-electron chi connectivity index (χ2n) is 8.46. The van der Waals surface area contributed by atoms with Crippen LogP contribution >= 0.6 is 11.8 Å². The van der Waals surface area contributed by atoms with Crippen LogP contribution in [0.2, 0.25) is 0 Å². The molecule has 2 aliphatic rings. The van der Waals surface area contributed by atoms with E-state index in [1.165, 1.54) is 5.56 Å². The highest BCUT2D eigenvalue weighted by Gasteiger charge is 2.42. The smallest absolute Gasteiger partial charge is 0.260 e. The number of thioether (sulfide) groups is 1. The van der Waals surface area contributed by atoms with Gasteiger partial charge in [-0.3, -0.25) is 9.59 Å². The van der Waals surface area contributed by atoms with Crippen LogP contribution in [0.4, 0.5) is 0 Å². The Hall–Kier alpha value is -2.73. The zero-order chi connectivity index (χ0) is 22.5. The van der Waals surface area contributed by atoms with Crippen LogP contribution in [0.5, 0.6) is 5.75 Å². The van der Waals surface area contributed by atoms with E-state index in [0.717, 1.165) is 41.9 Å². The molecule has 168 valence electrons. The van der Waals surface area contributed by atoms with Crippen LogP contribution in [-0.2, 0) is 16.0 Å². The van der Waals surface area contributed by atoms with Crippen LogP contribution < -0.4 is 10.1 Å². The molecule has 32 heavy (non-hydrogen) atoms. The summed E-state index contributed by atoms with van der Waals surface area (Å²) in [7, 11) is 3.51. The number of nitrogens with one attached hydrogen (secondary N) is 1. The number of nitrogens with zero attached hydrogens (tertiary/aromatic N) is 1. The number of benzene rings is 2. The SMILES string of the molecule is COc1cccc(/C=C2\SC3CCC(C(=O)NCCc4ccccc4)CC3N(C)C2=O)c1. The standard InChI is InChI=1S/C26H30N2O3S/c1-28-22-17-20(25(29)27-14-13-18-7-4-3-5-8-18)11-12-23(22)32-24(26(28)30)16-19-9-6-10-21(15-19)31-2/h3-10,15-16,20,22-23H,11-14,17H2,1-2H3,(H,27,29)/b24-16-. The number of carbonyl (C=O) groups excluding carboxylic acids is 2. The van der Waals surface area contributed by atoms with E-state index in [1.807, 2.05) is 60.5 Å². The molecule has 1 heterocycles. The van der Waals surface area contributed by atoms with Gasteiger partial charge >= 0.3 is 0 Å². The van der Waals surface area contributed by atoms with Gasteiger partial charge in [-0.1, -0.05) is 42.5 Å². The lowest BCUT2D eigenvalue weighted by Crippen LogP contribution is -2.52. The first kappa shape index (κ1) is 22.5. The van der Waals surface area contributed by atoms with E-state index >= 15 is 0 Å². The summed E-state index contributed by atoms with van der Waals surface area (Å²) in [5, 5.41) is 3.42. The molecular formula is C26H30N2O3S. The summed E-state index contributed by atoms with van der Waals surface area (Å²) in [6, 6.07) is 18.0. The molecule has 1 aliphatic carbocycles. The second kappa shape index (κ2) is 10.3. The van der Waals surface area contributed by atoms with Gasteiger partial charge in [0, 0.05) is 30.8 Å². The highest BCUT2D eigenvalue weighted by molar-refractivity contribution is 8.04. The van der Waals surface area contributed by atoms with Crippen LogP contribution in [0, 0.1) is 5.92 Å². The molecule has 5 nitrogen and oxygen atoms in total. The molecule has 1 aliphatic heterocycles. The van der Waals surface area contributed by atoms with Gasteiger partial charge in [0.1, 0.15) is 5.75 Å². The van der Waals surface area contributed by atoms with Gasteiger partial charge in [0.15, 0.2) is 0 Å². The van der Waals surface area contributed by atoms with Crippen LogP contribution in [0.1, 0.15) is 30.4 Å². The molecule has 1 saturated heterocycles. The van der Waals surface area contributed by atoms with Gasteiger partial charge in [-0.05, 0) is 55.0 Å². The topological polar surface area (TPSA) is 58.6 Å². The number of amides is 2. The molecule has 3 atom stereocenters. The summed E-state index contributed by atoms with van der Waals surface area (Å²) in [6.45, 7) is 0.643. The number of ether oxygens (including phenoxy) is 1. The van der Waals surface area contributed by atoms with Crippen molar-refractivity contribution in [3.63, 3.8) is 0 Å². The molecule has 6 heteroatoms. The molecular weight excluding hydrogens is 420 g/mol. The van der Waals surface area contributed by atoms with Crippen molar-refractivity contribution in [2.24, 2.45) is 5.92 Å². The summed E-state index contributed by atoms with van der Waals surface area (Å²) >= 11 is 1.66. The highest BCUT2D eigenvalue weighted by atomic mass is 32.2. The number of likely N-dealkylation sites (N-methyl/N-ethyl adjacent to an activating group) is 1. The second-order valence-corrected chi connectivity index (χ2v) is 9.74. The van der Waals surface area contributed by atoms with Crippen LogP contribution in [0.25, 0.3) is 6.08 Å². The maximum absolute atomic E-state index is 13.0. The number of hydrogen-bond donors (Lipinski definition) is 1. The molecule has 2 fully saturated rings. The first-order valence-electron chi connectivity index (χ1n) is 11.2. The first-order valence-corrected chi connectivity index (χ1v) is 12.0. The molecule has 2 aromatic rings. The van der Waals surface area contributed by atoms with Crippen LogP contribution in [0.15, 0.2) is 59.5 Å². The lowest BCUT2D eigenvalue weighted by atomic mass is 9.83. The molecule has 2 amide bonds. The van der Waals surface area contributed by atoms with Gasteiger partial charge in [-0.15, -0.1) is 11.8 Å². The van der Waals surface area contributed by atoms with E-state index in [0.29, 0.717) is 11.8 Å². The largest absolute Gasteiger partial charge is 0.497 e. The number of methoxy groups -OCH3 is 1. The molecule has 4 rings (SSSR count). The van der Waals surface area contributed by atoms with Gasteiger partial charge in [-0.2, -0.15) is 0 Å². The van der Waals surface area contributed by atoms with Crippen molar-refractivity contribution in [1.82, 2.24) is 10.2 Å². The molecule has 0 bridgehead atoms. The minimum Gasteiger partial charge on any atom is -0.497 e. The third-order valence-electron chi connectivity index (χ3n) is 6.38. The molecule has 3 unspecified atom stereocenters. The van der Waals surface area contributed by atoms with Crippen molar-refractivity contribution in [2.45, 2.75) is 37.0 Å². The summed E-state index contributed by atoms with van der Waals surface area (Å²) < 4.78 is 5.30. The number of hydrogen-bond acceptors (Lipinski definition) is 4. The maximum Gasteiger partial charge on any atom is 0.260 e. The van der Waals surface area contributed by atoms with E-state index in [4.69, 9.17) is 4.74 Å². The zero-order valence-corrected chi connectivity index (χ0v) is 19.4. The third kappa shape index (κ3) is 5.18. The monoisotopic (exact) mass is 450 g/mol. The zero-order valence-electron chi connectivity index (χ0n) is 18.6. The maximum atomic E-state index is 13.0. The van der Waals surface area contributed by atoms with E-state index in [-0.39, 0.29) is 23.8 Å².